The Hall–Kier alpha value is -1.44. The standard InChI is InChI=1S/C15H23N3O3S/c1-12(2)17-7-9-18(10-8-17)15(19)13-5-4-6-14(11-13)22(20,21)16-3/h4-6,11-12,16H,7-10H2,1-3H3. The molecule has 0 radical (unpaired) electrons. The lowest BCUT2D eigenvalue weighted by Gasteiger charge is -2.37. The Balaban J connectivity index is 2.13. The first-order valence-corrected chi connectivity index (χ1v) is 8.90. The number of amides is 1. The molecule has 122 valence electrons. The van der Waals surface area contributed by atoms with Crippen molar-refractivity contribution in [1.29, 1.82) is 0 Å². The molecule has 1 saturated heterocycles. The lowest BCUT2D eigenvalue weighted by molar-refractivity contribution is 0.0595. The van der Waals surface area contributed by atoms with Crippen molar-refractivity contribution in [3.05, 3.63) is 29.8 Å². The number of benzene rings is 1. The Morgan fingerprint density at radius 3 is 2.36 bits per heavy atom. The van der Waals surface area contributed by atoms with Gasteiger partial charge in [0, 0.05) is 37.8 Å². The van der Waals surface area contributed by atoms with Crippen molar-refractivity contribution in [2.75, 3.05) is 33.2 Å². The van der Waals surface area contributed by atoms with Crippen molar-refractivity contribution >= 4 is 15.9 Å². The zero-order valence-electron chi connectivity index (χ0n) is 13.2. The topological polar surface area (TPSA) is 69.7 Å². The van der Waals surface area contributed by atoms with Crippen LogP contribution < -0.4 is 4.72 Å². The fraction of sp³-hybridized carbons (Fsp3) is 0.533. The van der Waals surface area contributed by atoms with Crippen LogP contribution in [0.25, 0.3) is 0 Å². The van der Waals surface area contributed by atoms with Crippen molar-refractivity contribution in [3.8, 4) is 0 Å². The highest BCUT2D eigenvalue weighted by molar-refractivity contribution is 7.89. The SMILES string of the molecule is CNS(=O)(=O)c1cccc(C(=O)N2CCN(C(C)C)CC2)c1. The lowest BCUT2D eigenvalue weighted by Crippen LogP contribution is -2.50. The second-order valence-electron chi connectivity index (χ2n) is 5.66. The van der Waals surface area contributed by atoms with Crippen LogP contribution in [0.15, 0.2) is 29.2 Å². The molecule has 0 atom stereocenters. The number of hydrogen-bond acceptors (Lipinski definition) is 4. The van der Waals surface area contributed by atoms with E-state index in [0.717, 1.165) is 13.1 Å². The van der Waals surface area contributed by atoms with Crippen molar-refractivity contribution in [2.45, 2.75) is 24.8 Å². The molecule has 0 spiro atoms. The van der Waals surface area contributed by atoms with Gasteiger partial charge in [0.15, 0.2) is 0 Å². The Labute approximate surface area is 132 Å². The summed E-state index contributed by atoms with van der Waals surface area (Å²) in [6.07, 6.45) is 0. The van der Waals surface area contributed by atoms with Crippen LogP contribution in [0.3, 0.4) is 0 Å². The van der Waals surface area contributed by atoms with Gasteiger partial charge in [0.05, 0.1) is 4.90 Å². The summed E-state index contributed by atoms with van der Waals surface area (Å²) in [5.74, 6) is -0.114. The number of hydrogen-bond donors (Lipinski definition) is 1. The second kappa shape index (κ2) is 6.76. The number of piperazine rings is 1. The summed E-state index contributed by atoms with van der Waals surface area (Å²) in [5, 5.41) is 0. The number of carbonyl (C=O) groups excluding carboxylic acids is 1. The first-order chi connectivity index (χ1) is 10.3. The monoisotopic (exact) mass is 325 g/mol. The predicted octanol–water partition coefficient (Wildman–Crippen LogP) is 0.761. The molecule has 1 heterocycles. The smallest absolute Gasteiger partial charge is 0.253 e. The number of sulfonamides is 1. The van der Waals surface area contributed by atoms with Crippen LogP contribution in [0.2, 0.25) is 0 Å². The summed E-state index contributed by atoms with van der Waals surface area (Å²) < 4.78 is 25.9. The maximum atomic E-state index is 12.5. The molecular formula is C15H23N3O3S. The van der Waals surface area contributed by atoms with Gasteiger partial charge in [-0.15, -0.1) is 0 Å². The van der Waals surface area contributed by atoms with E-state index in [1.165, 1.54) is 19.2 Å². The summed E-state index contributed by atoms with van der Waals surface area (Å²) >= 11 is 0. The molecule has 1 aliphatic heterocycles. The van der Waals surface area contributed by atoms with Crippen LogP contribution in [-0.2, 0) is 10.0 Å². The predicted molar refractivity (Wildman–Crippen MR) is 85.3 cm³/mol. The second-order valence-corrected chi connectivity index (χ2v) is 7.54. The van der Waals surface area contributed by atoms with E-state index >= 15 is 0 Å². The highest BCUT2D eigenvalue weighted by Crippen LogP contribution is 2.15. The van der Waals surface area contributed by atoms with Gasteiger partial charge in [-0.2, -0.15) is 0 Å². The van der Waals surface area contributed by atoms with Gasteiger partial charge < -0.3 is 4.90 Å². The number of carbonyl (C=O) groups is 1. The van der Waals surface area contributed by atoms with Crippen molar-refractivity contribution in [2.24, 2.45) is 0 Å². The van der Waals surface area contributed by atoms with Crippen LogP contribution >= 0.6 is 0 Å². The summed E-state index contributed by atoms with van der Waals surface area (Å²) in [7, 11) is -2.18. The molecule has 1 aliphatic rings. The van der Waals surface area contributed by atoms with E-state index in [-0.39, 0.29) is 10.8 Å². The van der Waals surface area contributed by atoms with Gasteiger partial charge in [0.25, 0.3) is 5.91 Å². The minimum Gasteiger partial charge on any atom is -0.336 e. The maximum absolute atomic E-state index is 12.5. The van der Waals surface area contributed by atoms with Gasteiger partial charge >= 0.3 is 0 Å². The van der Waals surface area contributed by atoms with Crippen LogP contribution in [0.4, 0.5) is 0 Å². The van der Waals surface area contributed by atoms with Crippen LogP contribution in [0.5, 0.6) is 0 Å². The first kappa shape index (κ1) is 16.9. The van der Waals surface area contributed by atoms with Gasteiger partial charge in [-0.25, -0.2) is 13.1 Å². The van der Waals surface area contributed by atoms with Gasteiger partial charge in [0.2, 0.25) is 10.0 Å². The molecule has 7 heteroatoms. The fourth-order valence-corrected chi connectivity index (χ4v) is 3.31. The molecule has 1 aromatic carbocycles. The third kappa shape index (κ3) is 3.66. The molecule has 1 amide bonds. The number of nitrogens with one attached hydrogen (secondary N) is 1. The molecule has 0 bridgehead atoms. The van der Waals surface area contributed by atoms with Crippen LogP contribution in [0, 0.1) is 0 Å². The zero-order valence-corrected chi connectivity index (χ0v) is 14.1. The van der Waals surface area contributed by atoms with E-state index in [1.54, 1.807) is 17.0 Å². The molecule has 0 saturated carbocycles. The van der Waals surface area contributed by atoms with E-state index in [0.29, 0.717) is 24.7 Å². The molecule has 1 N–H and O–H groups in total. The van der Waals surface area contributed by atoms with E-state index in [1.807, 2.05) is 0 Å². The van der Waals surface area contributed by atoms with E-state index in [4.69, 9.17) is 0 Å². The van der Waals surface area contributed by atoms with Crippen molar-refractivity contribution < 1.29 is 13.2 Å². The molecule has 0 aliphatic carbocycles. The molecule has 6 nitrogen and oxygen atoms in total. The number of nitrogens with zero attached hydrogens (tertiary/aromatic N) is 2. The Bertz CT molecular complexity index is 635. The molecule has 0 aromatic heterocycles. The quantitative estimate of drug-likeness (QED) is 0.887. The Morgan fingerprint density at radius 1 is 1.18 bits per heavy atom. The van der Waals surface area contributed by atoms with Crippen LogP contribution in [0.1, 0.15) is 24.2 Å². The Kier molecular flexibility index (Phi) is 5.20. The maximum Gasteiger partial charge on any atom is 0.253 e. The number of rotatable bonds is 4. The van der Waals surface area contributed by atoms with Gasteiger partial charge in [-0.1, -0.05) is 6.07 Å². The fourth-order valence-electron chi connectivity index (χ4n) is 2.54. The zero-order chi connectivity index (χ0) is 16.3. The van der Waals surface area contributed by atoms with E-state index < -0.39 is 10.0 Å². The largest absolute Gasteiger partial charge is 0.336 e. The highest BCUT2D eigenvalue weighted by Gasteiger charge is 2.24. The average Bonchev–Trinajstić information content (AvgIpc) is 2.54. The molecule has 2 rings (SSSR count). The summed E-state index contributed by atoms with van der Waals surface area (Å²) in [6.45, 7) is 7.31. The lowest BCUT2D eigenvalue weighted by atomic mass is 10.1. The van der Waals surface area contributed by atoms with E-state index in [9.17, 15) is 13.2 Å². The third-order valence-corrected chi connectivity index (χ3v) is 5.40. The highest BCUT2D eigenvalue weighted by atomic mass is 32.2. The van der Waals surface area contributed by atoms with Crippen LogP contribution in [-0.4, -0.2) is 63.4 Å². The minimum absolute atomic E-state index is 0.113. The molecule has 0 unspecified atom stereocenters. The minimum atomic E-state index is -3.53. The molecule has 1 aromatic rings. The molecule has 1 fully saturated rings. The normalized spacial score (nSPS) is 17.0. The molecular weight excluding hydrogens is 302 g/mol. The summed E-state index contributed by atoms with van der Waals surface area (Å²) in [6, 6.07) is 6.65. The summed E-state index contributed by atoms with van der Waals surface area (Å²) in [4.78, 5) is 16.8. The summed E-state index contributed by atoms with van der Waals surface area (Å²) in [5.41, 5.74) is 0.411. The van der Waals surface area contributed by atoms with Crippen molar-refractivity contribution in [3.63, 3.8) is 0 Å². The third-order valence-electron chi connectivity index (χ3n) is 3.99. The Morgan fingerprint density at radius 2 is 1.82 bits per heavy atom. The van der Waals surface area contributed by atoms with Gasteiger partial charge in [-0.3, -0.25) is 9.69 Å². The average molecular weight is 325 g/mol. The van der Waals surface area contributed by atoms with Gasteiger partial charge in [0.1, 0.15) is 0 Å². The first-order valence-electron chi connectivity index (χ1n) is 7.42. The van der Waals surface area contributed by atoms with Gasteiger partial charge in [-0.05, 0) is 39.1 Å². The molecule has 22 heavy (non-hydrogen) atoms. The van der Waals surface area contributed by atoms with Crippen molar-refractivity contribution in [1.82, 2.24) is 14.5 Å². The van der Waals surface area contributed by atoms with E-state index in [2.05, 4.69) is 23.5 Å².